The van der Waals surface area contributed by atoms with Crippen LogP contribution in [0.5, 0.6) is 0 Å². The number of nitrogens with zero attached hydrogens (tertiary/aromatic N) is 3. The van der Waals surface area contributed by atoms with Gasteiger partial charge >= 0.3 is 6.18 Å². The number of carbonyl (C=O) groups is 1. The molecule has 1 aromatic heterocycles. The number of hydrogen-bond acceptors (Lipinski definition) is 5. The minimum atomic E-state index is -4.66. The summed E-state index contributed by atoms with van der Waals surface area (Å²) in [5.74, 6) is 5.75. The molecule has 33 heavy (non-hydrogen) atoms. The van der Waals surface area contributed by atoms with E-state index in [9.17, 15) is 18.0 Å². The molecule has 0 radical (unpaired) electrons. The van der Waals surface area contributed by atoms with Crippen LogP contribution in [0.1, 0.15) is 17.0 Å². The summed E-state index contributed by atoms with van der Waals surface area (Å²) in [7, 11) is 0. The van der Waals surface area contributed by atoms with Crippen LogP contribution in [0.2, 0.25) is 5.02 Å². The first-order valence-corrected chi connectivity index (χ1v) is 11.0. The van der Waals surface area contributed by atoms with Crippen LogP contribution in [0.25, 0.3) is 10.8 Å². The zero-order chi connectivity index (χ0) is 23.6. The Hall–Kier alpha value is -3.24. The van der Waals surface area contributed by atoms with Gasteiger partial charge < -0.3 is 11.2 Å². The maximum Gasteiger partial charge on any atom is 0.418 e. The predicted octanol–water partition coefficient (Wildman–Crippen LogP) is 5.14. The van der Waals surface area contributed by atoms with Crippen LogP contribution in [0.15, 0.2) is 65.8 Å². The zero-order valence-electron chi connectivity index (χ0n) is 16.9. The second-order valence-corrected chi connectivity index (χ2v) is 8.49. The Morgan fingerprint density at radius 3 is 2.64 bits per heavy atom. The molecule has 11 heteroatoms. The predicted molar refractivity (Wildman–Crippen MR) is 123 cm³/mol. The lowest BCUT2D eigenvalue weighted by molar-refractivity contribution is -0.137. The monoisotopic (exact) mass is 491 g/mol. The number of aromatic nitrogens is 3. The van der Waals surface area contributed by atoms with Crippen LogP contribution in [-0.4, -0.2) is 26.5 Å². The van der Waals surface area contributed by atoms with E-state index in [1.165, 1.54) is 10.7 Å². The number of halogens is 4. The molecular weight excluding hydrogens is 475 g/mol. The SMILES string of the molecule is Nn1c(Cc2cccc3ccccc23)nnc1SCC(=O)Nc1ccc(Cl)cc1C(F)(F)F. The van der Waals surface area contributed by atoms with Gasteiger partial charge in [0.15, 0.2) is 5.82 Å². The van der Waals surface area contributed by atoms with Gasteiger partial charge in [-0.25, -0.2) is 4.68 Å². The number of carbonyl (C=O) groups excluding carboxylic acids is 1. The molecule has 0 aliphatic rings. The van der Waals surface area contributed by atoms with Crippen LogP contribution >= 0.6 is 23.4 Å². The second-order valence-electron chi connectivity index (χ2n) is 7.11. The van der Waals surface area contributed by atoms with Crippen molar-refractivity contribution in [2.75, 3.05) is 16.9 Å². The Morgan fingerprint density at radius 2 is 1.85 bits per heavy atom. The van der Waals surface area contributed by atoms with Crippen LogP contribution in [0.3, 0.4) is 0 Å². The van der Waals surface area contributed by atoms with Crippen molar-refractivity contribution in [3.8, 4) is 0 Å². The van der Waals surface area contributed by atoms with Gasteiger partial charge in [-0.15, -0.1) is 10.2 Å². The van der Waals surface area contributed by atoms with Gasteiger partial charge in [0, 0.05) is 11.4 Å². The molecule has 6 nitrogen and oxygen atoms in total. The van der Waals surface area contributed by atoms with Gasteiger partial charge in [0.2, 0.25) is 11.1 Å². The standard InChI is InChI=1S/C22H17ClF3N5OS/c23-15-8-9-18(17(11-15)22(24,25)26)28-20(32)12-33-21-30-29-19(31(21)27)10-14-6-3-5-13-4-1-2-7-16(13)14/h1-9,11H,10,12,27H2,(H,28,32). The molecule has 3 N–H and O–H groups in total. The molecule has 0 fully saturated rings. The van der Waals surface area contributed by atoms with Crippen LogP contribution in [-0.2, 0) is 17.4 Å². The van der Waals surface area contributed by atoms with Gasteiger partial charge in [0.05, 0.1) is 17.0 Å². The number of amides is 1. The third-order valence-electron chi connectivity index (χ3n) is 4.86. The summed E-state index contributed by atoms with van der Waals surface area (Å²) in [6, 6.07) is 17.0. The Balaban J connectivity index is 1.44. The maximum absolute atomic E-state index is 13.2. The van der Waals surface area contributed by atoms with Crippen molar-refractivity contribution in [1.29, 1.82) is 0 Å². The number of anilines is 1. The van der Waals surface area contributed by atoms with Crippen molar-refractivity contribution in [3.63, 3.8) is 0 Å². The highest BCUT2D eigenvalue weighted by Crippen LogP contribution is 2.36. The van der Waals surface area contributed by atoms with Crippen molar-refractivity contribution < 1.29 is 18.0 Å². The first-order valence-electron chi connectivity index (χ1n) is 9.68. The van der Waals surface area contributed by atoms with Crippen molar-refractivity contribution in [3.05, 3.63) is 82.6 Å². The number of thioether (sulfide) groups is 1. The average molecular weight is 492 g/mol. The number of benzene rings is 3. The van der Waals surface area contributed by atoms with E-state index in [1.807, 2.05) is 42.5 Å². The highest BCUT2D eigenvalue weighted by molar-refractivity contribution is 7.99. The maximum atomic E-state index is 13.2. The first-order chi connectivity index (χ1) is 15.7. The van der Waals surface area contributed by atoms with E-state index >= 15 is 0 Å². The van der Waals surface area contributed by atoms with Gasteiger partial charge in [-0.05, 0) is 34.5 Å². The summed E-state index contributed by atoms with van der Waals surface area (Å²) in [5.41, 5.74) is -0.375. The third kappa shape index (κ3) is 5.23. The molecule has 0 unspecified atom stereocenters. The Kier molecular flexibility index (Phi) is 6.48. The molecule has 0 saturated carbocycles. The van der Waals surface area contributed by atoms with Crippen molar-refractivity contribution >= 4 is 45.7 Å². The zero-order valence-corrected chi connectivity index (χ0v) is 18.5. The lowest BCUT2D eigenvalue weighted by Gasteiger charge is -2.14. The summed E-state index contributed by atoms with van der Waals surface area (Å²) in [6.45, 7) is 0. The molecular formula is C22H17ClF3N5OS. The van der Waals surface area contributed by atoms with Crippen LogP contribution in [0.4, 0.5) is 18.9 Å². The summed E-state index contributed by atoms with van der Waals surface area (Å²) >= 11 is 6.63. The molecule has 0 saturated heterocycles. The van der Waals surface area contributed by atoms with Crippen LogP contribution in [0, 0.1) is 0 Å². The van der Waals surface area contributed by atoms with Gasteiger partial charge in [0.1, 0.15) is 0 Å². The van der Waals surface area contributed by atoms with E-state index in [0.29, 0.717) is 12.2 Å². The Morgan fingerprint density at radius 1 is 1.09 bits per heavy atom. The molecule has 1 amide bonds. The van der Waals surface area contributed by atoms with E-state index in [0.717, 1.165) is 40.2 Å². The molecule has 0 atom stereocenters. The number of nitrogens with two attached hydrogens (primary N) is 1. The lowest BCUT2D eigenvalue weighted by Crippen LogP contribution is -2.19. The molecule has 0 spiro atoms. The van der Waals surface area contributed by atoms with Crippen LogP contribution < -0.4 is 11.2 Å². The molecule has 0 aliphatic heterocycles. The largest absolute Gasteiger partial charge is 0.418 e. The van der Waals surface area contributed by atoms with Crippen molar-refractivity contribution in [2.24, 2.45) is 0 Å². The fourth-order valence-corrected chi connectivity index (χ4v) is 4.17. The minimum absolute atomic E-state index is 0.0790. The minimum Gasteiger partial charge on any atom is -0.336 e. The smallest absolute Gasteiger partial charge is 0.336 e. The van der Waals surface area contributed by atoms with E-state index in [2.05, 4.69) is 15.5 Å². The molecule has 3 aromatic carbocycles. The average Bonchev–Trinajstić information content (AvgIpc) is 3.12. The van der Waals surface area contributed by atoms with Gasteiger partial charge in [-0.2, -0.15) is 13.2 Å². The topological polar surface area (TPSA) is 85.8 Å². The van der Waals surface area contributed by atoms with E-state index in [-0.39, 0.29) is 21.6 Å². The number of nitrogen functional groups attached to an aromatic ring is 1. The third-order valence-corrected chi connectivity index (χ3v) is 6.04. The molecule has 4 aromatic rings. The summed E-state index contributed by atoms with van der Waals surface area (Å²) in [5, 5.41) is 12.7. The summed E-state index contributed by atoms with van der Waals surface area (Å²) in [6.07, 6.45) is -4.23. The van der Waals surface area contributed by atoms with Crippen molar-refractivity contribution in [2.45, 2.75) is 17.8 Å². The number of hydrogen-bond donors (Lipinski definition) is 2. The number of nitrogens with one attached hydrogen (secondary N) is 1. The highest BCUT2D eigenvalue weighted by Gasteiger charge is 2.34. The van der Waals surface area contributed by atoms with E-state index in [4.69, 9.17) is 17.4 Å². The number of alkyl halides is 3. The van der Waals surface area contributed by atoms with E-state index in [1.54, 1.807) is 0 Å². The van der Waals surface area contributed by atoms with Gasteiger partial charge in [0.25, 0.3) is 0 Å². The fraction of sp³-hybridized carbons (Fsp3) is 0.136. The highest BCUT2D eigenvalue weighted by atomic mass is 35.5. The van der Waals surface area contributed by atoms with Crippen molar-refractivity contribution in [1.82, 2.24) is 14.9 Å². The molecule has 0 bridgehead atoms. The first kappa shape index (κ1) is 22.9. The molecule has 170 valence electrons. The quantitative estimate of drug-likeness (QED) is 0.288. The second kappa shape index (κ2) is 9.32. The summed E-state index contributed by atoms with van der Waals surface area (Å²) < 4.78 is 40.9. The lowest BCUT2D eigenvalue weighted by atomic mass is 10.0. The molecule has 1 heterocycles. The number of rotatable bonds is 6. The Bertz CT molecular complexity index is 1320. The molecule has 0 aliphatic carbocycles. The van der Waals surface area contributed by atoms with Gasteiger partial charge in [-0.1, -0.05) is 65.8 Å². The molecule has 4 rings (SSSR count). The number of fused-ring (bicyclic) bond motifs is 1. The van der Waals surface area contributed by atoms with E-state index < -0.39 is 17.6 Å². The fourth-order valence-electron chi connectivity index (χ4n) is 3.32. The van der Waals surface area contributed by atoms with Gasteiger partial charge in [-0.3, -0.25) is 4.79 Å². The summed E-state index contributed by atoms with van der Waals surface area (Å²) in [4.78, 5) is 12.3. The Labute approximate surface area is 195 Å². The normalized spacial score (nSPS) is 11.6.